The van der Waals surface area contributed by atoms with Gasteiger partial charge < -0.3 is 20.1 Å². The van der Waals surface area contributed by atoms with Gasteiger partial charge in [0.15, 0.2) is 0 Å². The van der Waals surface area contributed by atoms with Crippen molar-refractivity contribution >= 4 is 17.8 Å². The van der Waals surface area contributed by atoms with Gasteiger partial charge in [0, 0.05) is 26.7 Å². The van der Waals surface area contributed by atoms with Crippen LogP contribution in [0.2, 0.25) is 0 Å². The van der Waals surface area contributed by atoms with Crippen molar-refractivity contribution in [2.45, 2.75) is 20.0 Å². The molecule has 0 saturated heterocycles. The molecule has 1 aromatic rings. The van der Waals surface area contributed by atoms with Crippen molar-refractivity contribution in [3.8, 4) is 0 Å². The minimum atomic E-state index is -0.636. The fourth-order valence-electron chi connectivity index (χ4n) is 1.62. The van der Waals surface area contributed by atoms with Gasteiger partial charge in [0.05, 0.1) is 12.7 Å². The summed E-state index contributed by atoms with van der Waals surface area (Å²) in [6.07, 6.45) is -0.636. The summed E-state index contributed by atoms with van der Waals surface area (Å²) < 4.78 is 4.85. The maximum absolute atomic E-state index is 9.60. The highest BCUT2D eigenvalue weighted by atomic mass is 16.5. The third kappa shape index (κ3) is 4.76. The lowest BCUT2D eigenvalue weighted by atomic mass is 10.4. The molecule has 114 valence electrons. The lowest BCUT2D eigenvalue weighted by Crippen LogP contribution is -2.28. The third-order valence-electron chi connectivity index (χ3n) is 2.65. The first-order valence-electron chi connectivity index (χ1n) is 6.53. The predicted octanol–water partition coefficient (Wildman–Crippen LogP) is -0.577. The van der Waals surface area contributed by atoms with Gasteiger partial charge in [-0.25, -0.2) is 5.84 Å². The molecule has 1 aromatic heterocycles. The zero-order valence-electron chi connectivity index (χ0n) is 12.1. The lowest BCUT2D eigenvalue weighted by molar-refractivity contribution is 0.0726. The van der Waals surface area contributed by atoms with Crippen LogP contribution < -0.4 is 21.5 Å². The fraction of sp³-hybridized carbons (Fsp3) is 0.727. The maximum atomic E-state index is 9.60. The molecule has 5 N–H and O–H groups in total. The van der Waals surface area contributed by atoms with E-state index in [1.165, 1.54) is 7.11 Å². The highest BCUT2D eigenvalue weighted by molar-refractivity contribution is 5.43. The van der Waals surface area contributed by atoms with E-state index in [1.54, 1.807) is 0 Å². The van der Waals surface area contributed by atoms with Crippen molar-refractivity contribution in [3.05, 3.63) is 0 Å². The number of aliphatic hydroxyl groups excluding tert-OH is 1. The van der Waals surface area contributed by atoms with Crippen LogP contribution in [0.25, 0.3) is 0 Å². The Bertz CT molecular complexity index is 400. The molecule has 1 unspecified atom stereocenters. The second kappa shape index (κ2) is 8.46. The van der Waals surface area contributed by atoms with Crippen LogP contribution >= 0.6 is 0 Å². The van der Waals surface area contributed by atoms with E-state index in [2.05, 4.69) is 25.7 Å². The van der Waals surface area contributed by atoms with Gasteiger partial charge in [-0.05, 0) is 13.8 Å². The highest BCUT2D eigenvalue weighted by Gasteiger charge is 2.11. The largest absolute Gasteiger partial charge is 0.389 e. The SMILES string of the molecule is CCN(CC)c1nc(NN)nc(NCC(O)COC)n1. The zero-order valence-corrected chi connectivity index (χ0v) is 12.1. The van der Waals surface area contributed by atoms with Gasteiger partial charge in [0.2, 0.25) is 17.8 Å². The number of hydrogen-bond acceptors (Lipinski definition) is 9. The van der Waals surface area contributed by atoms with Crippen molar-refractivity contribution in [1.82, 2.24) is 15.0 Å². The molecule has 0 fully saturated rings. The van der Waals surface area contributed by atoms with E-state index in [0.29, 0.717) is 11.9 Å². The van der Waals surface area contributed by atoms with Crippen molar-refractivity contribution in [2.24, 2.45) is 5.84 Å². The number of ether oxygens (including phenoxy) is 1. The first-order chi connectivity index (χ1) is 9.64. The van der Waals surface area contributed by atoms with Crippen molar-refractivity contribution < 1.29 is 9.84 Å². The molecular weight excluding hydrogens is 262 g/mol. The molecule has 0 spiro atoms. The molecule has 1 atom stereocenters. The Kier molecular flexibility index (Phi) is 6.91. The molecule has 0 aromatic carbocycles. The number of rotatable bonds is 9. The second-order valence-electron chi connectivity index (χ2n) is 4.09. The van der Waals surface area contributed by atoms with Gasteiger partial charge in [0.1, 0.15) is 0 Å². The quantitative estimate of drug-likeness (QED) is 0.349. The van der Waals surface area contributed by atoms with Gasteiger partial charge in [0.25, 0.3) is 0 Å². The number of methoxy groups -OCH3 is 1. The second-order valence-corrected chi connectivity index (χ2v) is 4.09. The number of nitrogens with one attached hydrogen (secondary N) is 2. The van der Waals surface area contributed by atoms with Gasteiger partial charge in [-0.1, -0.05) is 0 Å². The smallest absolute Gasteiger partial charge is 0.243 e. The number of hydrogen-bond donors (Lipinski definition) is 4. The van der Waals surface area contributed by atoms with Gasteiger partial charge in [-0.3, -0.25) is 5.43 Å². The van der Waals surface area contributed by atoms with E-state index in [4.69, 9.17) is 10.6 Å². The van der Waals surface area contributed by atoms with Crippen molar-refractivity contribution in [2.75, 3.05) is 49.0 Å². The van der Waals surface area contributed by atoms with Crippen LogP contribution in [0, 0.1) is 0 Å². The summed E-state index contributed by atoms with van der Waals surface area (Å²) in [6, 6.07) is 0. The average molecular weight is 285 g/mol. The van der Waals surface area contributed by atoms with Crippen LogP contribution in [0.5, 0.6) is 0 Å². The minimum Gasteiger partial charge on any atom is -0.389 e. The maximum Gasteiger partial charge on any atom is 0.243 e. The number of nitrogens with two attached hydrogens (primary N) is 1. The molecule has 1 rings (SSSR count). The van der Waals surface area contributed by atoms with Crippen LogP contribution in [0.4, 0.5) is 17.8 Å². The third-order valence-corrected chi connectivity index (χ3v) is 2.65. The molecule has 9 nitrogen and oxygen atoms in total. The Labute approximate surface area is 118 Å². The van der Waals surface area contributed by atoms with E-state index in [0.717, 1.165) is 13.1 Å². The fourth-order valence-corrected chi connectivity index (χ4v) is 1.62. The summed E-state index contributed by atoms with van der Waals surface area (Å²) in [5.74, 6) is 6.51. The number of anilines is 3. The Morgan fingerprint density at radius 3 is 2.45 bits per heavy atom. The van der Waals surface area contributed by atoms with Crippen molar-refractivity contribution in [1.29, 1.82) is 0 Å². The summed E-state index contributed by atoms with van der Waals surface area (Å²) in [5, 5.41) is 12.5. The summed E-state index contributed by atoms with van der Waals surface area (Å²) in [6.45, 7) is 6.09. The van der Waals surface area contributed by atoms with Crippen LogP contribution in [-0.4, -0.2) is 59.5 Å². The molecule has 9 heteroatoms. The van der Waals surface area contributed by atoms with E-state index in [1.807, 2.05) is 18.7 Å². The topological polar surface area (TPSA) is 121 Å². The molecule has 0 bridgehead atoms. The predicted molar refractivity (Wildman–Crippen MR) is 77.6 cm³/mol. The molecule has 0 aliphatic rings. The van der Waals surface area contributed by atoms with E-state index < -0.39 is 6.10 Å². The number of aromatic nitrogens is 3. The summed E-state index contributed by atoms with van der Waals surface area (Å²) in [4.78, 5) is 14.6. The Balaban J connectivity index is 2.82. The molecule has 0 aliphatic heterocycles. The van der Waals surface area contributed by atoms with Crippen LogP contribution in [0.1, 0.15) is 13.8 Å². The molecule has 20 heavy (non-hydrogen) atoms. The van der Waals surface area contributed by atoms with Gasteiger partial charge >= 0.3 is 0 Å². The standard InChI is InChI=1S/C11H23N7O2/c1-4-18(5-2)11-15-9(14-10(16-11)17-12)13-6-8(19)7-20-3/h8,19H,4-7,12H2,1-3H3,(H2,13,14,15,16,17). The highest BCUT2D eigenvalue weighted by Crippen LogP contribution is 2.12. The van der Waals surface area contributed by atoms with E-state index in [-0.39, 0.29) is 19.1 Å². The first-order valence-corrected chi connectivity index (χ1v) is 6.53. The number of nitrogen functional groups attached to an aromatic ring is 1. The van der Waals surface area contributed by atoms with Crippen LogP contribution in [0.3, 0.4) is 0 Å². The molecule has 0 amide bonds. The molecule has 0 radical (unpaired) electrons. The Hall–Kier alpha value is -1.71. The normalized spacial score (nSPS) is 12.1. The van der Waals surface area contributed by atoms with Crippen molar-refractivity contribution in [3.63, 3.8) is 0 Å². The monoisotopic (exact) mass is 285 g/mol. The summed E-state index contributed by atoms with van der Waals surface area (Å²) in [5.41, 5.74) is 2.41. The Morgan fingerprint density at radius 1 is 1.25 bits per heavy atom. The Morgan fingerprint density at radius 2 is 1.90 bits per heavy atom. The minimum absolute atomic E-state index is 0.239. The zero-order chi connectivity index (χ0) is 15.0. The van der Waals surface area contributed by atoms with Gasteiger partial charge in [-0.2, -0.15) is 15.0 Å². The van der Waals surface area contributed by atoms with E-state index in [9.17, 15) is 5.11 Å². The number of hydrazine groups is 1. The summed E-state index contributed by atoms with van der Waals surface area (Å²) >= 11 is 0. The van der Waals surface area contributed by atoms with Crippen LogP contribution in [-0.2, 0) is 4.74 Å². The van der Waals surface area contributed by atoms with Gasteiger partial charge in [-0.15, -0.1) is 0 Å². The number of nitrogens with zero attached hydrogens (tertiary/aromatic N) is 4. The average Bonchev–Trinajstić information content (AvgIpc) is 2.46. The summed E-state index contributed by atoms with van der Waals surface area (Å²) in [7, 11) is 1.53. The van der Waals surface area contributed by atoms with E-state index >= 15 is 0 Å². The first kappa shape index (κ1) is 16.3. The van der Waals surface area contributed by atoms with Crippen LogP contribution in [0.15, 0.2) is 0 Å². The molecule has 0 aliphatic carbocycles. The molecular formula is C11H23N7O2. The number of aliphatic hydroxyl groups is 1. The lowest BCUT2D eigenvalue weighted by Gasteiger charge is -2.19. The molecule has 1 heterocycles. The molecule has 0 saturated carbocycles.